The summed E-state index contributed by atoms with van der Waals surface area (Å²) in [6.07, 6.45) is -4.02. The van der Waals surface area contributed by atoms with Crippen molar-refractivity contribution in [3.05, 3.63) is 0 Å². The van der Waals surface area contributed by atoms with Gasteiger partial charge in [0.25, 0.3) is 0 Å². The largest absolute Gasteiger partial charge is 0.481 e. The average Bonchev–Trinajstić information content (AvgIpc) is 2.09. The van der Waals surface area contributed by atoms with Crippen molar-refractivity contribution in [2.45, 2.75) is 25.6 Å². The molecule has 90 valence electrons. The van der Waals surface area contributed by atoms with Crippen molar-refractivity contribution < 1.29 is 23.1 Å². The molecule has 0 aromatic heterocycles. The number of carboxylic acid groups (broad SMARTS) is 1. The third kappa shape index (κ3) is 5.88. The van der Waals surface area contributed by atoms with Crippen LogP contribution in [0.2, 0.25) is 0 Å². The normalized spacial score (nSPS) is 16.1. The van der Waals surface area contributed by atoms with Crippen LogP contribution in [0.5, 0.6) is 0 Å². The van der Waals surface area contributed by atoms with Crippen LogP contribution < -0.4 is 5.73 Å². The number of alkyl halides is 3. The molecule has 0 aliphatic rings. The number of rotatable bonds is 6. The first-order valence-electron chi connectivity index (χ1n) is 4.41. The maximum absolute atomic E-state index is 12.2. The predicted molar refractivity (Wildman–Crippen MR) is 52.8 cm³/mol. The van der Waals surface area contributed by atoms with Crippen LogP contribution in [-0.2, 0) is 4.79 Å². The van der Waals surface area contributed by atoms with Crippen LogP contribution in [0.25, 0.3) is 0 Å². The number of carboxylic acids is 1. The number of hydrogen-bond acceptors (Lipinski definition) is 3. The van der Waals surface area contributed by atoms with Crippen molar-refractivity contribution in [1.82, 2.24) is 0 Å². The Hall–Kier alpha value is -0.430. The molecule has 3 N–H and O–H groups in total. The van der Waals surface area contributed by atoms with Gasteiger partial charge in [-0.2, -0.15) is 24.9 Å². The zero-order valence-corrected chi connectivity index (χ0v) is 9.07. The third-order valence-corrected chi connectivity index (χ3v) is 3.07. The van der Waals surface area contributed by atoms with Gasteiger partial charge in [0.05, 0.1) is 0 Å². The standard InChI is InChI=1S/C8H14F3NO2S/c1-2-5(12)3-15-4-6(7(13)14)8(9,10)11/h5-6H,2-4,12H2,1H3,(H,13,14). The fourth-order valence-electron chi connectivity index (χ4n) is 0.761. The quantitative estimate of drug-likeness (QED) is 0.748. The Morgan fingerprint density at radius 2 is 2.00 bits per heavy atom. The molecule has 0 heterocycles. The summed E-state index contributed by atoms with van der Waals surface area (Å²) in [6, 6.07) is -0.183. The van der Waals surface area contributed by atoms with E-state index in [1.54, 1.807) is 0 Å². The van der Waals surface area contributed by atoms with Crippen molar-refractivity contribution in [2.24, 2.45) is 11.7 Å². The van der Waals surface area contributed by atoms with Crippen molar-refractivity contribution in [3.63, 3.8) is 0 Å². The lowest BCUT2D eigenvalue weighted by Gasteiger charge is -2.16. The zero-order valence-electron chi connectivity index (χ0n) is 8.25. The lowest BCUT2D eigenvalue weighted by molar-refractivity contribution is -0.188. The SMILES string of the molecule is CCC(N)CSCC(C(=O)O)C(F)(F)F. The van der Waals surface area contributed by atoms with E-state index in [4.69, 9.17) is 10.8 Å². The van der Waals surface area contributed by atoms with Crippen LogP contribution >= 0.6 is 11.8 Å². The van der Waals surface area contributed by atoms with Crippen LogP contribution in [-0.4, -0.2) is 34.8 Å². The smallest absolute Gasteiger partial charge is 0.403 e. The van der Waals surface area contributed by atoms with Gasteiger partial charge in [0.1, 0.15) is 0 Å². The van der Waals surface area contributed by atoms with Gasteiger partial charge < -0.3 is 10.8 Å². The van der Waals surface area contributed by atoms with Gasteiger partial charge >= 0.3 is 12.1 Å². The van der Waals surface area contributed by atoms with Crippen LogP contribution in [0.3, 0.4) is 0 Å². The minimum Gasteiger partial charge on any atom is -0.481 e. The van der Waals surface area contributed by atoms with Crippen molar-refractivity contribution in [2.75, 3.05) is 11.5 Å². The van der Waals surface area contributed by atoms with Gasteiger partial charge in [-0.15, -0.1) is 0 Å². The monoisotopic (exact) mass is 245 g/mol. The number of nitrogens with two attached hydrogens (primary N) is 1. The fourth-order valence-corrected chi connectivity index (χ4v) is 2.00. The van der Waals surface area contributed by atoms with Crippen molar-refractivity contribution in [3.8, 4) is 0 Å². The van der Waals surface area contributed by atoms with E-state index in [2.05, 4.69) is 0 Å². The number of aliphatic carboxylic acids is 1. The summed E-state index contributed by atoms with van der Waals surface area (Å²) < 4.78 is 36.5. The number of thioether (sulfide) groups is 1. The topological polar surface area (TPSA) is 63.3 Å². The van der Waals surface area contributed by atoms with E-state index in [9.17, 15) is 18.0 Å². The highest BCUT2D eigenvalue weighted by Gasteiger charge is 2.44. The third-order valence-electron chi connectivity index (χ3n) is 1.83. The molecule has 0 bridgehead atoms. The van der Waals surface area contributed by atoms with Gasteiger partial charge in [-0.1, -0.05) is 6.92 Å². The Bertz CT molecular complexity index is 211. The summed E-state index contributed by atoms with van der Waals surface area (Å²) in [5, 5.41) is 8.37. The first-order valence-corrected chi connectivity index (χ1v) is 5.57. The Morgan fingerprint density at radius 1 is 1.47 bits per heavy atom. The second kappa shape index (κ2) is 6.22. The van der Waals surface area contributed by atoms with Crippen LogP contribution in [0, 0.1) is 5.92 Å². The van der Waals surface area contributed by atoms with E-state index in [0.29, 0.717) is 12.2 Å². The second-order valence-corrected chi connectivity index (χ2v) is 4.21. The van der Waals surface area contributed by atoms with E-state index >= 15 is 0 Å². The van der Waals surface area contributed by atoms with E-state index in [1.165, 1.54) is 0 Å². The zero-order chi connectivity index (χ0) is 12.1. The van der Waals surface area contributed by atoms with Gasteiger partial charge in [0, 0.05) is 17.5 Å². The highest BCUT2D eigenvalue weighted by atomic mass is 32.2. The fraction of sp³-hybridized carbons (Fsp3) is 0.875. The Morgan fingerprint density at radius 3 is 2.33 bits per heavy atom. The van der Waals surface area contributed by atoms with E-state index in [1.807, 2.05) is 6.92 Å². The van der Waals surface area contributed by atoms with Gasteiger partial charge in [-0.25, -0.2) is 0 Å². The van der Waals surface area contributed by atoms with Crippen LogP contribution in [0.15, 0.2) is 0 Å². The number of halogens is 3. The second-order valence-electron chi connectivity index (χ2n) is 3.14. The van der Waals surface area contributed by atoms with E-state index in [-0.39, 0.29) is 6.04 Å². The molecule has 0 saturated heterocycles. The maximum atomic E-state index is 12.2. The summed E-state index contributed by atoms with van der Waals surface area (Å²) in [6.45, 7) is 1.82. The summed E-state index contributed by atoms with van der Waals surface area (Å²) >= 11 is 0.923. The average molecular weight is 245 g/mol. The minimum atomic E-state index is -4.69. The maximum Gasteiger partial charge on any atom is 0.403 e. The number of carbonyl (C=O) groups is 1. The lowest BCUT2D eigenvalue weighted by atomic mass is 10.2. The molecule has 0 aromatic rings. The van der Waals surface area contributed by atoms with Gasteiger partial charge in [0.15, 0.2) is 5.92 Å². The molecular formula is C8H14F3NO2S. The van der Waals surface area contributed by atoms with Gasteiger partial charge in [0.2, 0.25) is 0 Å². The molecule has 2 unspecified atom stereocenters. The molecular weight excluding hydrogens is 231 g/mol. The molecule has 0 aliphatic heterocycles. The Labute approximate surface area is 90.2 Å². The molecule has 0 radical (unpaired) electrons. The summed E-state index contributed by atoms with van der Waals surface area (Å²) in [5.41, 5.74) is 5.49. The molecule has 7 heteroatoms. The first-order chi connectivity index (χ1) is 6.79. The molecule has 0 amide bonds. The molecule has 0 aliphatic carbocycles. The first kappa shape index (κ1) is 14.6. The van der Waals surface area contributed by atoms with Crippen molar-refractivity contribution in [1.29, 1.82) is 0 Å². The summed E-state index contributed by atoms with van der Waals surface area (Å²) in [4.78, 5) is 10.3. The predicted octanol–water partition coefficient (Wildman–Crippen LogP) is 1.72. The lowest BCUT2D eigenvalue weighted by Crippen LogP contribution is -2.33. The molecule has 15 heavy (non-hydrogen) atoms. The molecule has 3 nitrogen and oxygen atoms in total. The Kier molecular flexibility index (Phi) is 6.04. The van der Waals surface area contributed by atoms with Gasteiger partial charge in [-0.3, -0.25) is 4.79 Å². The minimum absolute atomic E-state index is 0.183. The molecule has 2 atom stereocenters. The highest BCUT2D eigenvalue weighted by Crippen LogP contribution is 2.29. The van der Waals surface area contributed by atoms with E-state index < -0.39 is 23.8 Å². The molecule has 0 spiro atoms. The molecule has 0 saturated carbocycles. The van der Waals surface area contributed by atoms with E-state index in [0.717, 1.165) is 11.8 Å². The molecule has 0 aromatic carbocycles. The van der Waals surface area contributed by atoms with Crippen molar-refractivity contribution >= 4 is 17.7 Å². The molecule has 0 fully saturated rings. The highest BCUT2D eigenvalue weighted by molar-refractivity contribution is 7.99. The summed E-state index contributed by atoms with van der Waals surface area (Å²) in [5.74, 6) is -4.27. The Balaban J connectivity index is 4.05. The molecule has 0 rings (SSSR count). The summed E-state index contributed by atoms with van der Waals surface area (Å²) in [7, 11) is 0. The number of hydrogen-bond donors (Lipinski definition) is 2. The van der Waals surface area contributed by atoms with Crippen LogP contribution in [0.1, 0.15) is 13.3 Å². The van der Waals surface area contributed by atoms with Gasteiger partial charge in [-0.05, 0) is 6.42 Å². The van der Waals surface area contributed by atoms with Crippen LogP contribution in [0.4, 0.5) is 13.2 Å².